The first kappa shape index (κ1) is 14.7. The van der Waals surface area contributed by atoms with Gasteiger partial charge in [0, 0.05) is 11.1 Å². The molecular formula is C16H25NO. The third-order valence-corrected chi connectivity index (χ3v) is 2.72. The van der Waals surface area contributed by atoms with Crippen molar-refractivity contribution in [3.63, 3.8) is 0 Å². The SMILES string of the molecule is Cc1ccc(C(=O)NC(C)(C)C)c(C(C)(C)C)c1. The lowest BCUT2D eigenvalue weighted by Crippen LogP contribution is -2.41. The summed E-state index contributed by atoms with van der Waals surface area (Å²) < 4.78 is 0. The Bertz CT molecular complexity index is 447. The quantitative estimate of drug-likeness (QED) is 0.803. The van der Waals surface area contributed by atoms with Crippen LogP contribution in [0.2, 0.25) is 0 Å². The highest BCUT2D eigenvalue weighted by Gasteiger charge is 2.23. The van der Waals surface area contributed by atoms with Gasteiger partial charge in [-0.25, -0.2) is 0 Å². The molecule has 1 aromatic carbocycles. The fraction of sp³-hybridized carbons (Fsp3) is 0.562. The van der Waals surface area contributed by atoms with Gasteiger partial charge in [-0.3, -0.25) is 4.79 Å². The van der Waals surface area contributed by atoms with Gasteiger partial charge < -0.3 is 5.32 Å². The summed E-state index contributed by atoms with van der Waals surface area (Å²) in [6.07, 6.45) is 0. The molecule has 0 heterocycles. The van der Waals surface area contributed by atoms with Crippen molar-refractivity contribution < 1.29 is 4.79 Å². The summed E-state index contributed by atoms with van der Waals surface area (Å²) in [5, 5.41) is 3.03. The van der Waals surface area contributed by atoms with E-state index in [-0.39, 0.29) is 16.9 Å². The molecule has 1 N–H and O–H groups in total. The largest absolute Gasteiger partial charge is 0.347 e. The van der Waals surface area contributed by atoms with Crippen LogP contribution in [-0.2, 0) is 5.41 Å². The van der Waals surface area contributed by atoms with Crippen LogP contribution in [0.5, 0.6) is 0 Å². The average molecular weight is 247 g/mol. The molecule has 0 radical (unpaired) electrons. The number of hydrogen-bond acceptors (Lipinski definition) is 1. The standard InChI is InChI=1S/C16H25NO/c1-11-8-9-12(13(10-11)15(2,3)4)14(18)17-16(5,6)7/h8-10H,1-7H3,(H,17,18). The van der Waals surface area contributed by atoms with E-state index in [0.29, 0.717) is 0 Å². The second-order valence-corrected chi connectivity index (χ2v) is 7.00. The maximum atomic E-state index is 12.3. The maximum Gasteiger partial charge on any atom is 0.251 e. The van der Waals surface area contributed by atoms with Crippen molar-refractivity contribution in [3.05, 3.63) is 34.9 Å². The van der Waals surface area contributed by atoms with E-state index in [0.717, 1.165) is 11.1 Å². The van der Waals surface area contributed by atoms with Gasteiger partial charge in [0.05, 0.1) is 0 Å². The van der Waals surface area contributed by atoms with Crippen molar-refractivity contribution in [1.29, 1.82) is 0 Å². The topological polar surface area (TPSA) is 29.1 Å². The van der Waals surface area contributed by atoms with E-state index in [1.807, 2.05) is 32.9 Å². The molecule has 0 aliphatic carbocycles. The Morgan fingerprint density at radius 2 is 1.61 bits per heavy atom. The molecule has 0 atom stereocenters. The number of rotatable bonds is 1. The highest BCUT2D eigenvalue weighted by Crippen LogP contribution is 2.27. The van der Waals surface area contributed by atoms with Gasteiger partial charge in [-0.2, -0.15) is 0 Å². The first-order valence-corrected chi connectivity index (χ1v) is 6.44. The summed E-state index contributed by atoms with van der Waals surface area (Å²) in [5.41, 5.74) is 2.83. The van der Waals surface area contributed by atoms with Crippen molar-refractivity contribution in [2.45, 2.75) is 59.4 Å². The number of hydrogen-bond donors (Lipinski definition) is 1. The minimum atomic E-state index is -0.211. The van der Waals surface area contributed by atoms with Crippen molar-refractivity contribution in [2.75, 3.05) is 0 Å². The summed E-state index contributed by atoms with van der Waals surface area (Å²) in [4.78, 5) is 12.3. The second kappa shape index (κ2) is 4.75. The van der Waals surface area contributed by atoms with Crippen LogP contribution in [0.4, 0.5) is 0 Å². The molecule has 0 unspecified atom stereocenters. The highest BCUT2D eigenvalue weighted by atomic mass is 16.1. The van der Waals surface area contributed by atoms with E-state index in [9.17, 15) is 4.79 Å². The molecule has 0 aliphatic rings. The van der Waals surface area contributed by atoms with Crippen LogP contribution in [-0.4, -0.2) is 11.4 Å². The Kier molecular flexibility index (Phi) is 3.89. The van der Waals surface area contributed by atoms with Gasteiger partial charge in [0.25, 0.3) is 5.91 Å². The van der Waals surface area contributed by atoms with Crippen LogP contribution in [0, 0.1) is 6.92 Å². The van der Waals surface area contributed by atoms with Crippen LogP contribution in [0.15, 0.2) is 18.2 Å². The van der Waals surface area contributed by atoms with Gasteiger partial charge >= 0.3 is 0 Å². The Morgan fingerprint density at radius 3 is 2.06 bits per heavy atom. The molecule has 0 aliphatic heterocycles. The maximum absolute atomic E-state index is 12.3. The molecule has 0 fully saturated rings. The third-order valence-electron chi connectivity index (χ3n) is 2.72. The molecule has 0 saturated heterocycles. The van der Waals surface area contributed by atoms with Crippen molar-refractivity contribution >= 4 is 5.91 Å². The highest BCUT2D eigenvalue weighted by molar-refractivity contribution is 5.96. The van der Waals surface area contributed by atoms with E-state index < -0.39 is 0 Å². The van der Waals surface area contributed by atoms with E-state index in [1.54, 1.807) is 0 Å². The van der Waals surface area contributed by atoms with Crippen LogP contribution >= 0.6 is 0 Å². The predicted octanol–water partition coefficient (Wildman–Crippen LogP) is 3.82. The molecule has 1 aromatic rings. The minimum Gasteiger partial charge on any atom is -0.347 e. The lowest BCUT2D eigenvalue weighted by Gasteiger charge is -2.26. The molecule has 2 nitrogen and oxygen atoms in total. The molecule has 2 heteroatoms. The molecule has 1 amide bonds. The lowest BCUT2D eigenvalue weighted by atomic mass is 9.82. The summed E-state index contributed by atoms with van der Waals surface area (Å²) in [7, 11) is 0. The van der Waals surface area contributed by atoms with E-state index in [2.05, 4.69) is 39.1 Å². The van der Waals surface area contributed by atoms with Crippen LogP contribution in [0.3, 0.4) is 0 Å². The number of nitrogens with one attached hydrogen (secondary N) is 1. The van der Waals surface area contributed by atoms with E-state index >= 15 is 0 Å². The Morgan fingerprint density at radius 1 is 1.06 bits per heavy atom. The van der Waals surface area contributed by atoms with E-state index in [1.165, 1.54) is 5.56 Å². The average Bonchev–Trinajstić information content (AvgIpc) is 2.13. The van der Waals surface area contributed by atoms with Gasteiger partial charge in [0.1, 0.15) is 0 Å². The minimum absolute atomic E-state index is 0.00688. The molecule has 0 bridgehead atoms. The zero-order chi connectivity index (χ0) is 14.1. The second-order valence-electron chi connectivity index (χ2n) is 7.00. The number of carbonyl (C=O) groups is 1. The van der Waals surface area contributed by atoms with Crippen LogP contribution < -0.4 is 5.32 Å². The molecule has 0 aromatic heterocycles. The van der Waals surface area contributed by atoms with Crippen molar-refractivity contribution in [1.82, 2.24) is 5.32 Å². The zero-order valence-electron chi connectivity index (χ0n) is 12.6. The smallest absolute Gasteiger partial charge is 0.251 e. The normalized spacial score (nSPS) is 12.4. The lowest BCUT2D eigenvalue weighted by molar-refractivity contribution is 0.0917. The Labute approximate surface area is 111 Å². The van der Waals surface area contributed by atoms with E-state index in [4.69, 9.17) is 0 Å². The van der Waals surface area contributed by atoms with Gasteiger partial charge in [-0.1, -0.05) is 38.5 Å². The van der Waals surface area contributed by atoms with Crippen LogP contribution in [0.25, 0.3) is 0 Å². The molecular weight excluding hydrogens is 222 g/mol. The first-order chi connectivity index (χ1) is 8.00. The van der Waals surface area contributed by atoms with Gasteiger partial charge in [0.15, 0.2) is 0 Å². The Hall–Kier alpha value is -1.31. The van der Waals surface area contributed by atoms with Crippen LogP contribution in [0.1, 0.15) is 63.0 Å². The first-order valence-electron chi connectivity index (χ1n) is 6.44. The third kappa shape index (κ3) is 3.86. The van der Waals surface area contributed by atoms with Crippen molar-refractivity contribution in [2.24, 2.45) is 0 Å². The molecule has 0 spiro atoms. The zero-order valence-corrected chi connectivity index (χ0v) is 12.6. The molecule has 1 rings (SSSR count). The fourth-order valence-electron chi connectivity index (χ4n) is 1.88. The Balaban J connectivity index is 3.21. The summed E-state index contributed by atoms with van der Waals surface area (Å²) in [6, 6.07) is 6.03. The molecule has 18 heavy (non-hydrogen) atoms. The molecule has 0 saturated carbocycles. The predicted molar refractivity (Wildman–Crippen MR) is 77.1 cm³/mol. The van der Waals surface area contributed by atoms with Gasteiger partial charge in [0.2, 0.25) is 0 Å². The number of benzene rings is 1. The molecule has 100 valence electrons. The number of aryl methyl sites for hydroxylation is 1. The summed E-state index contributed by atoms with van der Waals surface area (Å²) in [5.74, 6) is 0.00688. The monoisotopic (exact) mass is 247 g/mol. The van der Waals surface area contributed by atoms with Gasteiger partial charge in [-0.05, 0) is 44.7 Å². The number of carbonyl (C=O) groups excluding carboxylic acids is 1. The fourth-order valence-corrected chi connectivity index (χ4v) is 1.88. The number of amides is 1. The summed E-state index contributed by atoms with van der Waals surface area (Å²) in [6.45, 7) is 14.4. The van der Waals surface area contributed by atoms with Gasteiger partial charge in [-0.15, -0.1) is 0 Å². The van der Waals surface area contributed by atoms with Crippen molar-refractivity contribution in [3.8, 4) is 0 Å². The summed E-state index contributed by atoms with van der Waals surface area (Å²) >= 11 is 0.